The minimum atomic E-state index is -4.76. The highest BCUT2D eigenvalue weighted by atomic mass is 35.5. The quantitative estimate of drug-likeness (QED) is 0.758. The number of methoxy groups -OCH3 is 1. The van der Waals surface area contributed by atoms with Crippen molar-refractivity contribution in [2.45, 2.75) is 6.18 Å². The fraction of sp³-hybridized carbons (Fsp3) is 0.273. The van der Waals surface area contributed by atoms with Crippen LogP contribution in [-0.4, -0.2) is 13.7 Å². The van der Waals surface area contributed by atoms with Crippen LogP contribution in [0.3, 0.4) is 0 Å². The van der Waals surface area contributed by atoms with E-state index >= 15 is 0 Å². The first kappa shape index (κ1) is 15.9. The second-order valence-corrected chi connectivity index (χ2v) is 4.30. The molecule has 0 aliphatic heterocycles. The summed E-state index contributed by atoms with van der Waals surface area (Å²) in [6, 6.07) is 1.42. The molecule has 0 N–H and O–H groups in total. The molecule has 0 spiro atoms. The van der Waals surface area contributed by atoms with Gasteiger partial charge in [-0.2, -0.15) is 13.2 Å². The minimum absolute atomic E-state index is 0.106. The normalized spacial score (nSPS) is 11.1. The van der Waals surface area contributed by atoms with Gasteiger partial charge in [0.2, 0.25) is 0 Å². The van der Waals surface area contributed by atoms with Gasteiger partial charge in [0.1, 0.15) is 22.4 Å². The lowest BCUT2D eigenvalue weighted by Gasteiger charge is -2.14. The fourth-order valence-electron chi connectivity index (χ4n) is 1.27. The highest BCUT2D eigenvalue weighted by Crippen LogP contribution is 2.40. The molecule has 0 saturated heterocycles. The second kappa shape index (κ2) is 6.34. The molecule has 0 fully saturated rings. The van der Waals surface area contributed by atoms with E-state index in [1.165, 1.54) is 6.08 Å². The zero-order valence-corrected chi connectivity index (χ0v) is 11.0. The standard InChI is InChI=1S/C11H8Cl2F4O2/c1-18-10-7(11(15,16)17)4-6(5-8(10)14)19-3-2-9(12)13/h2,4-5H,3H2,1H3. The Morgan fingerprint density at radius 2 is 1.95 bits per heavy atom. The lowest BCUT2D eigenvalue weighted by atomic mass is 10.1. The molecule has 0 radical (unpaired) electrons. The van der Waals surface area contributed by atoms with Gasteiger partial charge in [-0.3, -0.25) is 0 Å². The number of hydrogen-bond donors (Lipinski definition) is 0. The van der Waals surface area contributed by atoms with Gasteiger partial charge < -0.3 is 9.47 Å². The topological polar surface area (TPSA) is 18.5 Å². The first-order valence-corrected chi connectivity index (χ1v) is 5.60. The monoisotopic (exact) mass is 318 g/mol. The smallest absolute Gasteiger partial charge is 0.420 e. The zero-order valence-electron chi connectivity index (χ0n) is 9.52. The van der Waals surface area contributed by atoms with Crippen LogP contribution >= 0.6 is 23.2 Å². The maximum atomic E-state index is 13.5. The summed E-state index contributed by atoms with van der Waals surface area (Å²) in [5, 5.41) is 0. The second-order valence-electron chi connectivity index (χ2n) is 3.29. The van der Waals surface area contributed by atoms with E-state index in [2.05, 4.69) is 4.74 Å². The van der Waals surface area contributed by atoms with E-state index in [0.717, 1.165) is 13.2 Å². The van der Waals surface area contributed by atoms with Crippen LogP contribution in [0.5, 0.6) is 11.5 Å². The number of rotatable bonds is 4. The highest BCUT2D eigenvalue weighted by molar-refractivity contribution is 6.55. The van der Waals surface area contributed by atoms with Crippen molar-refractivity contribution in [2.24, 2.45) is 0 Å². The van der Waals surface area contributed by atoms with Crippen molar-refractivity contribution in [1.29, 1.82) is 0 Å². The number of benzene rings is 1. The Balaban J connectivity index is 3.10. The van der Waals surface area contributed by atoms with E-state index in [9.17, 15) is 17.6 Å². The molecule has 0 bridgehead atoms. The van der Waals surface area contributed by atoms with Crippen molar-refractivity contribution in [1.82, 2.24) is 0 Å². The van der Waals surface area contributed by atoms with Crippen LogP contribution in [0, 0.1) is 5.82 Å². The first-order valence-electron chi connectivity index (χ1n) is 4.84. The number of halogens is 6. The number of ether oxygens (including phenoxy) is 2. The van der Waals surface area contributed by atoms with Crippen LogP contribution in [0.15, 0.2) is 22.7 Å². The molecule has 106 valence electrons. The Bertz CT molecular complexity index is 482. The summed E-state index contributed by atoms with van der Waals surface area (Å²) >= 11 is 10.6. The summed E-state index contributed by atoms with van der Waals surface area (Å²) in [6.07, 6.45) is -3.55. The van der Waals surface area contributed by atoms with E-state index in [1.54, 1.807) is 0 Å². The molecular weight excluding hydrogens is 311 g/mol. The van der Waals surface area contributed by atoms with Crippen molar-refractivity contribution in [3.05, 3.63) is 34.1 Å². The zero-order chi connectivity index (χ0) is 14.6. The lowest BCUT2D eigenvalue weighted by molar-refractivity contribution is -0.139. The van der Waals surface area contributed by atoms with Crippen LogP contribution in [-0.2, 0) is 6.18 Å². The Kier molecular flexibility index (Phi) is 5.31. The van der Waals surface area contributed by atoms with Gasteiger partial charge in [-0.05, 0) is 12.1 Å². The van der Waals surface area contributed by atoms with Crippen molar-refractivity contribution >= 4 is 23.2 Å². The van der Waals surface area contributed by atoms with Crippen LogP contribution in [0.2, 0.25) is 0 Å². The molecule has 0 aliphatic carbocycles. The molecule has 0 saturated carbocycles. The van der Waals surface area contributed by atoms with Gasteiger partial charge in [-0.1, -0.05) is 23.2 Å². The molecule has 0 atom stereocenters. The maximum absolute atomic E-state index is 13.5. The molecule has 1 rings (SSSR count). The third-order valence-corrected chi connectivity index (χ3v) is 2.32. The van der Waals surface area contributed by atoms with Crippen molar-refractivity contribution < 1.29 is 27.0 Å². The van der Waals surface area contributed by atoms with Gasteiger partial charge in [0, 0.05) is 6.07 Å². The Labute approximate surface area is 116 Å². The predicted molar refractivity (Wildman–Crippen MR) is 63.2 cm³/mol. The molecule has 2 nitrogen and oxygen atoms in total. The van der Waals surface area contributed by atoms with E-state index < -0.39 is 23.3 Å². The minimum Gasteiger partial charge on any atom is -0.493 e. The van der Waals surface area contributed by atoms with Gasteiger partial charge >= 0.3 is 6.18 Å². The van der Waals surface area contributed by atoms with Crippen LogP contribution in [0.1, 0.15) is 5.56 Å². The van der Waals surface area contributed by atoms with E-state index in [4.69, 9.17) is 27.9 Å². The Hall–Kier alpha value is -1.14. The van der Waals surface area contributed by atoms with E-state index in [0.29, 0.717) is 6.07 Å². The van der Waals surface area contributed by atoms with Gasteiger partial charge in [-0.15, -0.1) is 0 Å². The van der Waals surface area contributed by atoms with E-state index in [1.807, 2.05) is 0 Å². The van der Waals surface area contributed by atoms with Gasteiger partial charge in [-0.25, -0.2) is 4.39 Å². The van der Waals surface area contributed by atoms with Gasteiger partial charge in [0.15, 0.2) is 11.6 Å². The molecule has 19 heavy (non-hydrogen) atoms. The summed E-state index contributed by atoms with van der Waals surface area (Å²) in [5.41, 5.74) is -1.26. The van der Waals surface area contributed by atoms with Crippen LogP contribution < -0.4 is 9.47 Å². The summed E-state index contributed by atoms with van der Waals surface area (Å²) in [4.78, 5) is 0. The predicted octanol–water partition coefficient (Wildman–Crippen LogP) is 4.55. The van der Waals surface area contributed by atoms with Crippen LogP contribution in [0.25, 0.3) is 0 Å². The molecule has 0 aromatic heterocycles. The lowest BCUT2D eigenvalue weighted by Crippen LogP contribution is -2.09. The average molecular weight is 319 g/mol. The summed E-state index contributed by atoms with van der Waals surface area (Å²) in [5.74, 6) is -2.37. The fourth-order valence-corrected chi connectivity index (χ4v) is 1.40. The molecular formula is C11H8Cl2F4O2. The maximum Gasteiger partial charge on any atom is 0.420 e. The van der Waals surface area contributed by atoms with Gasteiger partial charge in [0.05, 0.1) is 7.11 Å². The molecule has 0 amide bonds. The van der Waals surface area contributed by atoms with Crippen molar-refractivity contribution in [3.8, 4) is 11.5 Å². The Morgan fingerprint density at radius 1 is 1.32 bits per heavy atom. The number of hydrogen-bond acceptors (Lipinski definition) is 2. The third-order valence-electron chi connectivity index (χ3n) is 2.01. The molecule has 0 aliphatic rings. The SMILES string of the molecule is COc1c(F)cc(OCC=C(Cl)Cl)cc1C(F)(F)F. The van der Waals surface area contributed by atoms with E-state index in [-0.39, 0.29) is 16.8 Å². The first-order chi connectivity index (χ1) is 8.75. The van der Waals surface area contributed by atoms with Crippen molar-refractivity contribution in [3.63, 3.8) is 0 Å². The molecule has 1 aromatic rings. The largest absolute Gasteiger partial charge is 0.493 e. The molecule has 0 heterocycles. The summed E-state index contributed by atoms with van der Waals surface area (Å²) < 4.78 is 60.7. The van der Waals surface area contributed by atoms with Crippen LogP contribution in [0.4, 0.5) is 17.6 Å². The summed E-state index contributed by atoms with van der Waals surface area (Å²) in [7, 11) is 0.949. The molecule has 0 unspecified atom stereocenters. The Morgan fingerprint density at radius 3 is 2.42 bits per heavy atom. The number of alkyl halides is 3. The average Bonchev–Trinajstić information content (AvgIpc) is 2.26. The van der Waals surface area contributed by atoms with Gasteiger partial charge in [0.25, 0.3) is 0 Å². The molecule has 1 aromatic carbocycles. The van der Waals surface area contributed by atoms with Crippen molar-refractivity contribution in [2.75, 3.05) is 13.7 Å². The molecule has 8 heteroatoms. The summed E-state index contributed by atoms with van der Waals surface area (Å²) in [6.45, 7) is -0.189. The highest BCUT2D eigenvalue weighted by Gasteiger charge is 2.36. The third kappa shape index (κ3) is 4.47.